The second-order valence-electron chi connectivity index (χ2n) is 18.3. The Labute approximate surface area is 423 Å². The fourth-order valence-corrected chi connectivity index (χ4v) is 8.61. The summed E-state index contributed by atoms with van der Waals surface area (Å²) in [5, 5.41) is 8.65. The summed E-state index contributed by atoms with van der Waals surface area (Å²) >= 11 is 0. The van der Waals surface area contributed by atoms with Crippen molar-refractivity contribution in [2.24, 2.45) is 4.99 Å². The van der Waals surface area contributed by atoms with E-state index < -0.39 is 0 Å². The van der Waals surface area contributed by atoms with Crippen LogP contribution < -0.4 is 14.4 Å². The number of anilines is 2. The summed E-state index contributed by atoms with van der Waals surface area (Å²) < 4.78 is 20.8. The summed E-state index contributed by atoms with van der Waals surface area (Å²) in [6.45, 7) is 16.2. The second-order valence-corrected chi connectivity index (χ2v) is 18.3. The van der Waals surface area contributed by atoms with Crippen LogP contribution in [0.1, 0.15) is 58.6 Å². The number of nitrogens with zero attached hydrogens (tertiary/aromatic N) is 6. The highest BCUT2D eigenvalue weighted by Gasteiger charge is 2.19. The Kier molecular flexibility index (Phi) is 15.1. The van der Waals surface area contributed by atoms with E-state index in [1.807, 2.05) is 92.7 Å². The topological polar surface area (TPSA) is 90.8 Å². The molecule has 9 heteroatoms. The number of benzene rings is 8. The number of aliphatic imine (C=N–C) groups is 1. The van der Waals surface area contributed by atoms with Gasteiger partial charge in [0.2, 0.25) is 11.8 Å². The maximum atomic E-state index is 6.33. The van der Waals surface area contributed by atoms with Crippen molar-refractivity contribution < 1.29 is 13.9 Å². The van der Waals surface area contributed by atoms with Gasteiger partial charge in [-0.05, 0) is 132 Å². The van der Waals surface area contributed by atoms with Gasteiger partial charge in [-0.25, -0.2) is 4.98 Å². The number of rotatable bonds is 17. The molecule has 72 heavy (non-hydrogen) atoms. The molecular formula is C63H60N6O3. The van der Waals surface area contributed by atoms with Crippen molar-refractivity contribution in [3.05, 3.63) is 211 Å². The van der Waals surface area contributed by atoms with E-state index in [-0.39, 0.29) is 5.41 Å². The van der Waals surface area contributed by atoms with E-state index in [1.54, 1.807) is 0 Å². The Bertz CT molecular complexity index is 3350. The molecule has 0 saturated carbocycles. The van der Waals surface area contributed by atoms with Crippen LogP contribution >= 0.6 is 0 Å². The fraction of sp³-hybridized carbons (Fsp3) is 0.175. The number of hydrogen-bond donors (Lipinski definition) is 0. The van der Waals surface area contributed by atoms with Gasteiger partial charge in [0.1, 0.15) is 17.3 Å². The largest absolute Gasteiger partial charge is 0.494 e. The molecule has 0 bridgehead atoms. The number of hydrogen-bond acceptors (Lipinski definition) is 8. The molecule has 0 unspecified atom stereocenters. The van der Waals surface area contributed by atoms with E-state index >= 15 is 0 Å². The normalized spacial score (nSPS) is 11.2. The van der Waals surface area contributed by atoms with Gasteiger partial charge in [0, 0.05) is 35.0 Å². The molecule has 0 radical (unpaired) electrons. The summed E-state index contributed by atoms with van der Waals surface area (Å²) in [6.07, 6.45) is 1.69. The molecule has 0 aliphatic heterocycles. The third-order valence-electron chi connectivity index (χ3n) is 12.4. The lowest BCUT2D eigenvalue weighted by Crippen LogP contribution is -2.16. The lowest BCUT2D eigenvalue weighted by atomic mass is 9.87. The minimum absolute atomic E-state index is 0.0773. The number of ether oxygens (including phenoxy) is 2. The average molecular weight is 949 g/mol. The molecule has 10 aromatic rings. The average Bonchev–Trinajstić information content (AvgIpc) is 4.09. The van der Waals surface area contributed by atoms with Crippen LogP contribution in [0.4, 0.5) is 17.1 Å². The van der Waals surface area contributed by atoms with Gasteiger partial charge in [-0.3, -0.25) is 9.56 Å². The number of aromatic nitrogens is 4. The smallest absolute Gasteiger partial charge is 0.248 e. The number of imidazole rings is 1. The van der Waals surface area contributed by atoms with Crippen LogP contribution in [0, 0.1) is 0 Å². The Morgan fingerprint density at radius 3 is 1.83 bits per heavy atom. The van der Waals surface area contributed by atoms with E-state index in [9.17, 15) is 0 Å². The summed E-state index contributed by atoms with van der Waals surface area (Å²) in [5.41, 5.74) is 13.3. The molecule has 360 valence electrons. The Hall–Kier alpha value is -8.56. The Morgan fingerprint density at radius 1 is 0.569 bits per heavy atom. The van der Waals surface area contributed by atoms with Gasteiger partial charge in [-0.15, -0.1) is 10.2 Å². The first-order chi connectivity index (χ1) is 35.3. The lowest BCUT2D eigenvalue weighted by Gasteiger charge is -2.26. The highest BCUT2D eigenvalue weighted by Crippen LogP contribution is 2.37. The molecule has 0 N–H and O–H groups in total. The van der Waals surface area contributed by atoms with E-state index in [2.05, 4.69) is 173 Å². The SMILES string of the molecule is C=Nc1ccccc1N(Cc1ccc(-c2nc3ccccc3n2-c2cccc(OCCCCOc3cccc(-c4ccc(-c5nnc(-c6ccc(C(C)(C)C)cc6)o5)cc4)c3)c2)cc1)c1ccccc1.CC. The molecule has 0 aliphatic rings. The van der Waals surface area contributed by atoms with Crippen LogP contribution in [0.3, 0.4) is 0 Å². The summed E-state index contributed by atoms with van der Waals surface area (Å²) in [5.74, 6) is 3.48. The zero-order chi connectivity index (χ0) is 49.9. The number of unbranched alkanes of at least 4 members (excludes halogenated alkanes) is 1. The van der Waals surface area contributed by atoms with Gasteiger partial charge >= 0.3 is 0 Å². The Balaban J connectivity index is 0.00000316. The predicted molar refractivity (Wildman–Crippen MR) is 295 cm³/mol. The van der Waals surface area contributed by atoms with E-state index in [0.717, 1.165) is 97.3 Å². The first-order valence-corrected chi connectivity index (χ1v) is 24.7. The highest BCUT2D eigenvalue weighted by atomic mass is 16.5. The van der Waals surface area contributed by atoms with E-state index in [1.165, 1.54) is 5.56 Å². The summed E-state index contributed by atoms with van der Waals surface area (Å²) in [7, 11) is 0. The molecule has 9 nitrogen and oxygen atoms in total. The molecule has 0 aliphatic carbocycles. The molecule has 2 heterocycles. The van der Waals surface area contributed by atoms with E-state index in [4.69, 9.17) is 18.9 Å². The van der Waals surface area contributed by atoms with Gasteiger partial charge in [0.25, 0.3) is 0 Å². The van der Waals surface area contributed by atoms with Crippen LogP contribution in [-0.4, -0.2) is 39.7 Å². The molecule has 0 fully saturated rings. The van der Waals surface area contributed by atoms with Crippen LogP contribution in [0.25, 0.3) is 62.1 Å². The van der Waals surface area contributed by atoms with Crippen LogP contribution in [0.2, 0.25) is 0 Å². The van der Waals surface area contributed by atoms with Gasteiger partial charge in [0.15, 0.2) is 0 Å². The molecule has 0 amide bonds. The molecule has 8 aromatic carbocycles. The van der Waals surface area contributed by atoms with Gasteiger partial charge in [0.05, 0.1) is 41.3 Å². The fourth-order valence-electron chi connectivity index (χ4n) is 8.61. The second kappa shape index (κ2) is 22.5. The standard InChI is InChI=1S/C61H54N6O3.C2H6/c1-61(2,3)49-36-34-47(35-37-49)60-65-64-59(70-60)46-32-30-44(31-33-46)48-16-14-20-52(40-48)68-38-12-13-39-69-53-21-15-19-51(41-53)67-57-25-11-9-23-55(57)63-58(67)45-28-26-43(27-29-45)42-66(50-17-6-5-7-18-50)56-24-10-8-22-54(56)62-4;1-2/h5-11,14-37,40-41H,4,12-13,38-39,42H2,1-3H3;1-2H3. The maximum absolute atomic E-state index is 6.33. The zero-order valence-corrected chi connectivity index (χ0v) is 41.7. The van der Waals surface area contributed by atoms with Crippen LogP contribution in [0.15, 0.2) is 210 Å². The van der Waals surface area contributed by atoms with Crippen LogP contribution in [-0.2, 0) is 12.0 Å². The third-order valence-corrected chi connectivity index (χ3v) is 12.4. The van der Waals surface area contributed by atoms with Crippen molar-refractivity contribution in [1.82, 2.24) is 19.7 Å². The van der Waals surface area contributed by atoms with Gasteiger partial charge in [-0.1, -0.05) is 144 Å². The molecule has 0 atom stereocenters. The first kappa shape index (κ1) is 48.5. The number of para-hydroxylation sites is 5. The van der Waals surface area contributed by atoms with Crippen molar-refractivity contribution >= 4 is 34.8 Å². The summed E-state index contributed by atoms with van der Waals surface area (Å²) in [6, 6.07) is 68.4. The molecule has 10 rings (SSSR count). The van der Waals surface area contributed by atoms with Gasteiger partial charge in [-0.2, -0.15) is 0 Å². The minimum atomic E-state index is 0.0773. The maximum Gasteiger partial charge on any atom is 0.248 e. The quantitative estimate of drug-likeness (QED) is 0.0663. The molecule has 0 spiro atoms. The molecular weight excluding hydrogens is 889 g/mol. The molecule has 2 aromatic heterocycles. The van der Waals surface area contributed by atoms with Crippen molar-refractivity contribution in [3.63, 3.8) is 0 Å². The van der Waals surface area contributed by atoms with E-state index in [0.29, 0.717) is 31.5 Å². The van der Waals surface area contributed by atoms with Crippen molar-refractivity contribution in [2.45, 2.75) is 59.4 Å². The van der Waals surface area contributed by atoms with Crippen LogP contribution in [0.5, 0.6) is 11.5 Å². The highest BCUT2D eigenvalue weighted by molar-refractivity contribution is 5.83. The van der Waals surface area contributed by atoms with Crippen molar-refractivity contribution in [2.75, 3.05) is 18.1 Å². The zero-order valence-electron chi connectivity index (χ0n) is 41.7. The first-order valence-electron chi connectivity index (χ1n) is 24.7. The van der Waals surface area contributed by atoms with Crippen molar-refractivity contribution in [3.8, 4) is 62.6 Å². The Morgan fingerprint density at radius 2 is 1.15 bits per heavy atom. The van der Waals surface area contributed by atoms with Gasteiger partial charge < -0.3 is 18.8 Å². The number of fused-ring (bicyclic) bond motifs is 1. The lowest BCUT2D eigenvalue weighted by molar-refractivity contribution is 0.266. The molecule has 0 saturated heterocycles. The third kappa shape index (κ3) is 11.2. The minimum Gasteiger partial charge on any atom is -0.494 e. The predicted octanol–water partition coefficient (Wildman–Crippen LogP) is 16.3. The summed E-state index contributed by atoms with van der Waals surface area (Å²) in [4.78, 5) is 11.7. The monoisotopic (exact) mass is 948 g/mol. The van der Waals surface area contributed by atoms with Crippen molar-refractivity contribution in [1.29, 1.82) is 0 Å².